The van der Waals surface area contributed by atoms with Crippen molar-refractivity contribution in [2.75, 3.05) is 11.9 Å². The summed E-state index contributed by atoms with van der Waals surface area (Å²) in [6, 6.07) is 8.49. The highest BCUT2D eigenvalue weighted by Crippen LogP contribution is 2.45. The number of fused-ring (bicyclic) bond motifs is 1. The third-order valence-electron chi connectivity index (χ3n) is 3.33. The number of nitrogens with one attached hydrogen (secondary N) is 2. The van der Waals surface area contributed by atoms with E-state index in [1.165, 1.54) is 16.7 Å². The van der Waals surface area contributed by atoms with E-state index in [4.69, 9.17) is 0 Å². The molecule has 0 bridgehead atoms. The SMILES string of the molecule is O=C(NCC1=C(C(=O)O)N2C(=O)C[C@H]2S1)Nc1ccccc1. The Morgan fingerprint density at radius 2 is 2.05 bits per heavy atom. The predicted molar refractivity (Wildman–Crippen MR) is 81.0 cm³/mol. The number of carbonyl (C=O) groups excluding carboxylic acids is 2. The summed E-state index contributed by atoms with van der Waals surface area (Å²) < 4.78 is 0. The van der Waals surface area contributed by atoms with Gasteiger partial charge in [-0.05, 0) is 12.1 Å². The summed E-state index contributed by atoms with van der Waals surface area (Å²) in [5.41, 5.74) is 0.622. The highest BCUT2D eigenvalue weighted by molar-refractivity contribution is 8.04. The number of carbonyl (C=O) groups is 3. The summed E-state index contributed by atoms with van der Waals surface area (Å²) in [5, 5.41) is 14.3. The molecule has 7 nitrogen and oxygen atoms in total. The number of carboxylic acid groups (broad SMARTS) is 1. The van der Waals surface area contributed by atoms with Crippen LogP contribution in [0.25, 0.3) is 0 Å². The molecule has 3 rings (SSSR count). The van der Waals surface area contributed by atoms with E-state index >= 15 is 0 Å². The Labute approximate surface area is 130 Å². The number of β-lactam (4-membered cyclic amide) rings is 1. The van der Waals surface area contributed by atoms with E-state index in [0.717, 1.165) is 0 Å². The van der Waals surface area contributed by atoms with Crippen LogP contribution in [0.5, 0.6) is 0 Å². The summed E-state index contributed by atoms with van der Waals surface area (Å²) in [4.78, 5) is 36.3. The Balaban J connectivity index is 1.63. The number of thioether (sulfide) groups is 1. The van der Waals surface area contributed by atoms with Crippen LogP contribution in [-0.2, 0) is 9.59 Å². The highest BCUT2D eigenvalue weighted by Gasteiger charge is 2.48. The van der Waals surface area contributed by atoms with Crippen LogP contribution in [0.2, 0.25) is 0 Å². The topological polar surface area (TPSA) is 98.7 Å². The van der Waals surface area contributed by atoms with Gasteiger partial charge in [0.15, 0.2) is 0 Å². The van der Waals surface area contributed by atoms with Crippen molar-refractivity contribution in [3.63, 3.8) is 0 Å². The number of nitrogens with zero attached hydrogens (tertiary/aromatic N) is 1. The number of para-hydroxylation sites is 1. The first-order valence-electron chi connectivity index (χ1n) is 6.61. The number of hydrogen-bond donors (Lipinski definition) is 3. The van der Waals surface area contributed by atoms with Crippen LogP contribution in [0, 0.1) is 0 Å². The van der Waals surface area contributed by atoms with E-state index in [2.05, 4.69) is 10.6 Å². The number of carboxylic acids is 1. The van der Waals surface area contributed by atoms with Gasteiger partial charge in [0.05, 0.1) is 18.3 Å². The first-order chi connectivity index (χ1) is 10.6. The van der Waals surface area contributed by atoms with Crippen molar-refractivity contribution in [2.24, 2.45) is 0 Å². The van der Waals surface area contributed by atoms with Crippen LogP contribution in [0.3, 0.4) is 0 Å². The van der Waals surface area contributed by atoms with E-state index in [0.29, 0.717) is 17.0 Å². The summed E-state index contributed by atoms with van der Waals surface area (Å²) in [6.45, 7) is 0.0746. The summed E-state index contributed by atoms with van der Waals surface area (Å²) in [7, 11) is 0. The molecular weight excluding hydrogens is 306 g/mol. The van der Waals surface area contributed by atoms with Crippen LogP contribution in [0.4, 0.5) is 10.5 Å². The third kappa shape index (κ3) is 2.64. The van der Waals surface area contributed by atoms with Gasteiger partial charge >= 0.3 is 12.0 Å². The fourth-order valence-electron chi connectivity index (χ4n) is 2.31. The van der Waals surface area contributed by atoms with Crippen molar-refractivity contribution in [2.45, 2.75) is 11.8 Å². The molecule has 3 amide bonds. The Morgan fingerprint density at radius 1 is 1.32 bits per heavy atom. The lowest BCUT2D eigenvalue weighted by Gasteiger charge is -2.33. The van der Waals surface area contributed by atoms with Gasteiger partial charge in [0.2, 0.25) is 5.91 Å². The fourth-order valence-corrected chi connectivity index (χ4v) is 3.65. The maximum atomic E-state index is 11.8. The van der Waals surface area contributed by atoms with Crippen LogP contribution in [-0.4, -0.2) is 39.8 Å². The Bertz CT molecular complexity index is 674. The van der Waals surface area contributed by atoms with E-state index in [9.17, 15) is 19.5 Å². The molecule has 1 atom stereocenters. The Morgan fingerprint density at radius 3 is 2.68 bits per heavy atom. The molecular formula is C14H13N3O4S. The maximum absolute atomic E-state index is 11.8. The molecule has 8 heteroatoms. The van der Waals surface area contributed by atoms with Gasteiger partial charge in [-0.25, -0.2) is 9.59 Å². The van der Waals surface area contributed by atoms with E-state index in [1.54, 1.807) is 24.3 Å². The largest absolute Gasteiger partial charge is 0.477 e. The van der Waals surface area contributed by atoms with Gasteiger partial charge in [-0.15, -0.1) is 11.8 Å². The first-order valence-corrected chi connectivity index (χ1v) is 7.49. The molecule has 0 spiro atoms. The Hall–Kier alpha value is -2.48. The zero-order chi connectivity index (χ0) is 15.7. The van der Waals surface area contributed by atoms with Crippen LogP contribution in [0.15, 0.2) is 40.9 Å². The number of rotatable bonds is 4. The average molecular weight is 319 g/mol. The number of amides is 3. The lowest BCUT2D eigenvalue weighted by molar-refractivity contribution is -0.145. The summed E-state index contributed by atoms with van der Waals surface area (Å²) in [6.07, 6.45) is 0.334. The number of aliphatic carboxylic acids is 1. The molecule has 1 aromatic carbocycles. The molecule has 2 heterocycles. The minimum atomic E-state index is -1.15. The third-order valence-corrected chi connectivity index (χ3v) is 4.60. The molecule has 0 unspecified atom stereocenters. The fraction of sp³-hybridized carbons (Fsp3) is 0.214. The van der Waals surface area contributed by atoms with Crippen LogP contribution in [0.1, 0.15) is 6.42 Å². The van der Waals surface area contributed by atoms with Crippen molar-refractivity contribution in [1.29, 1.82) is 0 Å². The summed E-state index contributed by atoms with van der Waals surface area (Å²) >= 11 is 1.31. The van der Waals surface area contributed by atoms with E-state index < -0.39 is 12.0 Å². The lowest BCUT2D eigenvalue weighted by atomic mass is 10.1. The maximum Gasteiger partial charge on any atom is 0.353 e. The molecule has 2 aliphatic heterocycles. The Kier molecular flexibility index (Phi) is 3.76. The van der Waals surface area contributed by atoms with Gasteiger partial charge in [0.25, 0.3) is 0 Å². The molecule has 0 aromatic heterocycles. The second-order valence-electron chi connectivity index (χ2n) is 4.79. The second kappa shape index (κ2) is 5.72. The number of anilines is 1. The lowest BCUT2D eigenvalue weighted by Crippen LogP contribution is -2.48. The van der Waals surface area contributed by atoms with Gasteiger partial charge in [0, 0.05) is 10.6 Å². The van der Waals surface area contributed by atoms with E-state index in [-0.39, 0.29) is 23.5 Å². The van der Waals surface area contributed by atoms with Crippen molar-refractivity contribution >= 4 is 35.4 Å². The van der Waals surface area contributed by atoms with Crippen molar-refractivity contribution in [3.8, 4) is 0 Å². The van der Waals surface area contributed by atoms with Gasteiger partial charge in [-0.3, -0.25) is 9.69 Å². The highest BCUT2D eigenvalue weighted by atomic mass is 32.2. The predicted octanol–water partition coefficient (Wildman–Crippen LogP) is 1.41. The smallest absolute Gasteiger partial charge is 0.353 e. The molecule has 22 heavy (non-hydrogen) atoms. The molecule has 1 fully saturated rings. The van der Waals surface area contributed by atoms with Gasteiger partial charge < -0.3 is 15.7 Å². The zero-order valence-electron chi connectivity index (χ0n) is 11.4. The van der Waals surface area contributed by atoms with Crippen molar-refractivity contribution in [3.05, 3.63) is 40.9 Å². The summed E-state index contributed by atoms with van der Waals surface area (Å²) in [5.74, 6) is -1.35. The van der Waals surface area contributed by atoms with Crippen molar-refractivity contribution in [1.82, 2.24) is 10.2 Å². The number of benzene rings is 1. The normalized spacial score (nSPS) is 19.5. The second-order valence-corrected chi connectivity index (χ2v) is 6.06. The number of hydrogen-bond acceptors (Lipinski definition) is 4. The van der Waals surface area contributed by atoms with Crippen molar-refractivity contribution < 1.29 is 19.5 Å². The average Bonchev–Trinajstić information content (AvgIpc) is 2.79. The van der Waals surface area contributed by atoms with Crippen LogP contribution < -0.4 is 10.6 Å². The van der Waals surface area contributed by atoms with Gasteiger partial charge in [-0.2, -0.15) is 0 Å². The molecule has 114 valence electrons. The van der Waals surface area contributed by atoms with Gasteiger partial charge in [0.1, 0.15) is 5.70 Å². The molecule has 0 aliphatic carbocycles. The molecule has 0 saturated carbocycles. The molecule has 2 aliphatic rings. The first kappa shape index (κ1) is 14.5. The minimum absolute atomic E-state index is 0.0220. The number of urea groups is 1. The monoisotopic (exact) mass is 319 g/mol. The molecule has 0 radical (unpaired) electrons. The van der Waals surface area contributed by atoms with E-state index in [1.807, 2.05) is 6.07 Å². The van der Waals surface area contributed by atoms with Gasteiger partial charge in [-0.1, -0.05) is 18.2 Å². The zero-order valence-corrected chi connectivity index (χ0v) is 12.2. The molecule has 1 saturated heterocycles. The minimum Gasteiger partial charge on any atom is -0.477 e. The molecule has 1 aromatic rings. The molecule has 3 N–H and O–H groups in total. The van der Waals surface area contributed by atoms with Crippen LogP contribution >= 0.6 is 11.8 Å². The standard InChI is InChI=1S/C14H13N3O4S/c18-10-6-11-17(10)12(13(19)20)9(22-11)7-15-14(21)16-8-4-2-1-3-5-8/h1-5,11H,6-7H2,(H,19,20)(H2,15,16,21)/t11-/m1/s1. The quantitative estimate of drug-likeness (QED) is 0.729.